The Balaban J connectivity index is 1.72. The number of aryl methyl sites for hydroxylation is 1. The second-order valence-corrected chi connectivity index (χ2v) is 4.96. The molecule has 3 aromatic rings. The highest BCUT2D eigenvalue weighted by Gasteiger charge is 2.23. The van der Waals surface area contributed by atoms with Crippen LogP contribution in [0.4, 0.5) is 5.82 Å². The van der Waals surface area contributed by atoms with Crippen LogP contribution in [-0.2, 0) is 13.6 Å². The molecule has 3 aromatic heterocycles. The maximum atomic E-state index is 4.36. The largest absolute Gasteiger partial charge is 0.361 e. The van der Waals surface area contributed by atoms with Crippen molar-refractivity contribution in [3.8, 4) is 0 Å². The van der Waals surface area contributed by atoms with Gasteiger partial charge in [-0.2, -0.15) is 5.10 Å². The van der Waals surface area contributed by atoms with Gasteiger partial charge in [-0.3, -0.25) is 4.68 Å². The fraction of sp³-hybridized carbons (Fsp3) is 0.308. The van der Waals surface area contributed by atoms with Gasteiger partial charge in [0.25, 0.3) is 0 Å². The van der Waals surface area contributed by atoms with Gasteiger partial charge in [0, 0.05) is 31.9 Å². The molecule has 20 heavy (non-hydrogen) atoms. The molecule has 0 amide bonds. The number of rotatable bonds is 2. The lowest BCUT2D eigenvalue weighted by molar-refractivity contribution is 0.548. The van der Waals surface area contributed by atoms with Crippen LogP contribution in [0.25, 0.3) is 11.0 Å². The molecule has 0 saturated carbocycles. The molecule has 7 nitrogen and oxygen atoms in total. The number of hydrogen-bond acceptors (Lipinski definition) is 5. The molecule has 0 bridgehead atoms. The van der Waals surface area contributed by atoms with Crippen molar-refractivity contribution in [2.24, 2.45) is 7.05 Å². The van der Waals surface area contributed by atoms with E-state index in [4.69, 9.17) is 0 Å². The number of H-pyrrole nitrogens is 1. The average Bonchev–Trinajstić information content (AvgIpc) is 3.08. The summed E-state index contributed by atoms with van der Waals surface area (Å²) in [4.78, 5) is 11.7. The molecule has 0 saturated heterocycles. The Kier molecular flexibility index (Phi) is 2.46. The van der Waals surface area contributed by atoms with Crippen molar-refractivity contribution < 1.29 is 0 Å². The van der Waals surface area contributed by atoms with Gasteiger partial charge in [0.1, 0.15) is 17.8 Å². The Bertz CT molecular complexity index is 757. The van der Waals surface area contributed by atoms with Gasteiger partial charge in [0.2, 0.25) is 0 Å². The van der Waals surface area contributed by atoms with Crippen LogP contribution in [0.15, 0.2) is 24.8 Å². The zero-order chi connectivity index (χ0) is 13.5. The molecule has 4 heterocycles. The van der Waals surface area contributed by atoms with Crippen LogP contribution < -0.4 is 10.6 Å². The van der Waals surface area contributed by atoms with Crippen molar-refractivity contribution in [1.29, 1.82) is 0 Å². The van der Waals surface area contributed by atoms with E-state index in [-0.39, 0.29) is 6.04 Å². The summed E-state index contributed by atoms with van der Waals surface area (Å²) in [7, 11) is 1.97. The minimum Gasteiger partial charge on any atom is -0.361 e. The predicted octanol–water partition coefficient (Wildman–Crippen LogP) is 0.948. The highest BCUT2D eigenvalue weighted by molar-refractivity contribution is 5.86. The first-order chi connectivity index (χ1) is 9.83. The molecule has 0 aliphatic carbocycles. The lowest BCUT2D eigenvalue weighted by Gasteiger charge is -2.25. The lowest BCUT2D eigenvalue weighted by atomic mass is 10.0. The first kappa shape index (κ1) is 11.4. The second-order valence-electron chi connectivity index (χ2n) is 4.96. The Morgan fingerprint density at radius 2 is 2.35 bits per heavy atom. The fourth-order valence-corrected chi connectivity index (χ4v) is 2.71. The number of fused-ring (bicyclic) bond motifs is 2. The van der Waals surface area contributed by atoms with Gasteiger partial charge >= 0.3 is 0 Å². The van der Waals surface area contributed by atoms with Crippen LogP contribution >= 0.6 is 0 Å². The average molecular weight is 269 g/mol. The van der Waals surface area contributed by atoms with Crippen LogP contribution in [0.1, 0.15) is 17.3 Å². The molecular formula is C13H15N7. The second kappa shape index (κ2) is 4.31. The third-order valence-electron chi connectivity index (χ3n) is 3.78. The molecule has 1 aliphatic heterocycles. The minimum atomic E-state index is 0.167. The van der Waals surface area contributed by atoms with Gasteiger partial charge < -0.3 is 15.6 Å². The number of aromatic nitrogens is 5. The molecule has 0 aromatic carbocycles. The highest BCUT2D eigenvalue weighted by Crippen LogP contribution is 2.27. The summed E-state index contributed by atoms with van der Waals surface area (Å²) >= 11 is 0. The number of aromatic amines is 1. The minimum absolute atomic E-state index is 0.167. The summed E-state index contributed by atoms with van der Waals surface area (Å²) in [6.45, 7) is 1.71. The van der Waals surface area contributed by atoms with Gasteiger partial charge in [-0.15, -0.1) is 0 Å². The van der Waals surface area contributed by atoms with Crippen LogP contribution in [0.2, 0.25) is 0 Å². The molecule has 1 unspecified atom stereocenters. The quantitative estimate of drug-likeness (QED) is 0.645. The van der Waals surface area contributed by atoms with Crippen molar-refractivity contribution in [3.05, 3.63) is 36.0 Å². The fourth-order valence-electron chi connectivity index (χ4n) is 2.71. The van der Waals surface area contributed by atoms with E-state index in [9.17, 15) is 0 Å². The molecule has 0 spiro atoms. The SMILES string of the molecule is Cn1ncc2c1CNCC2Nc1ncnc2[nH]ccc12. The Morgan fingerprint density at radius 1 is 1.40 bits per heavy atom. The van der Waals surface area contributed by atoms with E-state index in [1.807, 2.05) is 30.2 Å². The summed E-state index contributed by atoms with van der Waals surface area (Å²) in [5.41, 5.74) is 3.29. The summed E-state index contributed by atoms with van der Waals surface area (Å²) in [5, 5.41) is 12.2. The van der Waals surface area contributed by atoms with Gasteiger partial charge in [0.05, 0.1) is 23.3 Å². The Hall–Kier alpha value is -2.41. The van der Waals surface area contributed by atoms with Crippen molar-refractivity contribution in [1.82, 2.24) is 30.0 Å². The number of hydrogen-bond donors (Lipinski definition) is 3. The maximum absolute atomic E-state index is 4.36. The monoisotopic (exact) mass is 269 g/mol. The molecule has 102 valence electrons. The molecule has 1 atom stereocenters. The molecule has 1 aliphatic rings. The topological polar surface area (TPSA) is 83.4 Å². The molecule has 7 heteroatoms. The zero-order valence-corrected chi connectivity index (χ0v) is 11.1. The van der Waals surface area contributed by atoms with E-state index in [1.54, 1.807) is 6.33 Å². The summed E-state index contributed by atoms with van der Waals surface area (Å²) in [6.07, 6.45) is 5.38. The Morgan fingerprint density at radius 3 is 3.30 bits per heavy atom. The van der Waals surface area contributed by atoms with Gasteiger partial charge in [-0.25, -0.2) is 9.97 Å². The van der Waals surface area contributed by atoms with Crippen molar-refractivity contribution >= 4 is 16.9 Å². The third kappa shape index (κ3) is 1.67. The van der Waals surface area contributed by atoms with Crippen molar-refractivity contribution in [2.45, 2.75) is 12.6 Å². The normalized spacial score (nSPS) is 18.1. The summed E-state index contributed by atoms with van der Waals surface area (Å²) in [5.74, 6) is 0.847. The smallest absolute Gasteiger partial charge is 0.142 e. The van der Waals surface area contributed by atoms with Gasteiger partial charge in [-0.05, 0) is 6.07 Å². The number of nitrogens with zero attached hydrogens (tertiary/aromatic N) is 4. The predicted molar refractivity (Wildman–Crippen MR) is 75.2 cm³/mol. The van der Waals surface area contributed by atoms with Gasteiger partial charge in [0.15, 0.2) is 0 Å². The Labute approximate surface area is 115 Å². The van der Waals surface area contributed by atoms with E-state index < -0.39 is 0 Å². The molecule has 0 fully saturated rings. The highest BCUT2D eigenvalue weighted by atomic mass is 15.3. The molecule has 3 N–H and O–H groups in total. The lowest BCUT2D eigenvalue weighted by Crippen LogP contribution is -2.33. The zero-order valence-electron chi connectivity index (χ0n) is 11.1. The number of nitrogens with one attached hydrogen (secondary N) is 3. The maximum Gasteiger partial charge on any atom is 0.142 e. The first-order valence-electron chi connectivity index (χ1n) is 6.59. The van der Waals surface area contributed by atoms with Crippen molar-refractivity contribution in [3.63, 3.8) is 0 Å². The van der Waals surface area contributed by atoms with Crippen LogP contribution in [0, 0.1) is 0 Å². The first-order valence-corrected chi connectivity index (χ1v) is 6.59. The summed E-state index contributed by atoms with van der Waals surface area (Å²) in [6, 6.07) is 2.15. The molecule has 0 radical (unpaired) electrons. The third-order valence-corrected chi connectivity index (χ3v) is 3.78. The van der Waals surface area contributed by atoms with E-state index in [1.165, 1.54) is 11.3 Å². The van der Waals surface area contributed by atoms with Crippen LogP contribution in [0.5, 0.6) is 0 Å². The van der Waals surface area contributed by atoms with E-state index in [2.05, 4.69) is 30.7 Å². The van der Waals surface area contributed by atoms with Crippen LogP contribution in [-0.4, -0.2) is 31.3 Å². The van der Waals surface area contributed by atoms with E-state index in [0.29, 0.717) is 0 Å². The molecule has 4 rings (SSSR count). The standard InChI is InChI=1S/C13H15N7/c1-20-11-6-14-5-10(9(11)4-18-20)19-13-8-2-3-15-12(8)16-7-17-13/h2-4,7,10,14H,5-6H2,1H3,(H2,15,16,17,19). The number of anilines is 1. The van der Waals surface area contributed by atoms with Crippen molar-refractivity contribution in [2.75, 3.05) is 11.9 Å². The van der Waals surface area contributed by atoms with Gasteiger partial charge in [-0.1, -0.05) is 0 Å². The molecular weight excluding hydrogens is 254 g/mol. The summed E-state index contributed by atoms with van der Waals surface area (Å²) < 4.78 is 1.92. The van der Waals surface area contributed by atoms with E-state index >= 15 is 0 Å². The van der Waals surface area contributed by atoms with Crippen LogP contribution in [0.3, 0.4) is 0 Å². The van der Waals surface area contributed by atoms with E-state index in [0.717, 1.165) is 29.9 Å².